The van der Waals surface area contributed by atoms with Gasteiger partial charge in [-0.05, 0) is 40.0 Å². The van der Waals surface area contributed by atoms with E-state index in [2.05, 4.69) is 55.2 Å². The first kappa shape index (κ1) is 20.6. The van der Waals surface area contributed by atoms with Crippen LogP contribution in [0.5, 0.6) is 0 Å². The van der Waals surface area contributed by atoms with Gasteiger partial charge < -0.3 is 10.6 Å². The van der Waals surface area contributed by atoms with Crippen molar-refractivity contribution in [2.75, 3.05) is 0 Å². The lowest BCUT2D eigenvalue weighted by Gasteiger charge is -2.28. The van der Waals surface area contributed by atoms with Crippen molar-refractivity contribution in [3.05, 3.63) is 23.8 Å². The second-order valence-corrected chi connectivity index (χ2v) is 7.99. The van der Waals surface area contributed by atoms with E-state index in [1.165, 1.54) is 6.42 Å². The van der Waals surface area contributed by atoms with Gasteiger partial charge in [-0.1, -0.05) is 33.1 Å². The summed E-state index contributed by atoms with van der Waals surface area (Å²) < 4.78 is 0. The van der Waals surface area contributed by atoms with Crippen LogP contribution in [0, 0.1) is 12.8 Å². The predicted molar refractivity (Wildman–Crippen MR) is 98.6 cm³/mol. The largest absolute Gasteiger partial charge is 0.349 e. The minimum atomic E-state index is -0.171. The average molecular weight is 335 g/mol. The van der Waals surface area contributed by atoms with Crippen LogP contribution < -0.4 is 10.6 Å². The number of aromatic nitrogens is 2. The number of nitrogens with one attached hydrogen (secondary N) is 2. The van der Waals surface area contributed by atoms with Crippen molar-refractivity contribution in [3.63, 3.8) is 0 Å². The highest BCUT2D eigenvalue weighted by Crippen LogP contribution is 2.12. The number of unbranched alkanes of at least 4 members (excludes halogenated alkanes) is 1. The SMILES string of the molecule is Cc1cnc(CNC(=O)C(CCCCC(C)C)NC(C)(C)C)cn1. The Morgan fingerprint density at radius 3 is 2.33 bits per heavy atom. The van der Waals surface area contributed by atoms with Gasteiger partial charge in [0.25, 0.3) is 0 Å². The van der Waals surface area contributed by atoms with Crippen LogP contribution in [-0.4, -0.2) is 27.5 Å². The van der Waals surface area contributed by atoms with Gasteiger partial charge in [-0.3, -0.25) is 14.8 Å². The molecule has 24 heavy (non-hydrogen) atoms. The van der Waals surface area contributed by atoms with Gasteiger partial charge in [0.1, 0.15) is 0 Å². The minimum Gasteiger partial charge on any atom is -0.349 e. The topological polar surface area (TPSA) is 66.9 Å². The van der Waals surface area contributed by atoms with Crippen molar-refractivity contribution >= 4 is 5.91 Å². The van der Waals surface area contributed by atoms with Crippen LogP contribution in [0.1, 0.15) is 71.7 Å². The highest BCUT2D eigenvalue weighted by molar-refractivity contribution is 5.81. The number of rotatable bonds is 9. The Balaban J connectivity index is 2.53. The Morgan fingerprint density at radius 1 is 1.12 bits per heavy atom. The maximum Gasteiger partial charge on any atom is 0.237 e. The van der Waals surface area contributed by atoms with E-state index >= 15 is 0 Å². The highest BCUT2D eigenvalue weighted by Gasteiger charge is 2.23. The summed E-state index contributed by atoms with van der Waals surface area (Å²) in [6.07, 6.45) is 7.72. The van der Waals surface area contributed by atoms with E-state index < -0.39 is 0 Å². The van der Waals surface area contributed by atoms with Gasteiger partial charge >= 0.3 is 0 Å². The molecule has 1 amide bonds. The summed E-state index contributed by atoms with van der Waals surface area (Å²) >= 11 is 0. The first-order valence-corrected chi connectivity index (χ1v) is 9.00. The summed E-state index contributed by atoms with van der Waals surface area (Å²) in [4.78, 5) is 21.1. The summed E-state index contributed by atoms with van der Waals surface area (Å²) in [5, 5.41) is 6.43. The predicted octanol–water partition coefficient (Wildman–Crippen LogP) is 3.37. The number of aryl methyl sites for hydroxylation is 1. The number of amides is 1. The molecular formula is C19H34N4O. The van der Waals surface area contributed by atoms with Gasteiger partial charge in [-0.2, -0.15) is 0 Å². The van der Waals surface area contributed by atoms with E-state index in [9.17, 15) is 4.79 Å². The third kappa shape index (κ3) is 8.96. The molecule has 5 heteroatoms. The van der Waals surface area contributed by atoms with Crippen LogP contribution in [0.4, 0.5) is 0 Å². The van der Waals surface area contributed by atoms with E-state index in [0.29, 0.717) is 12.5 Å². The van der Waals surface area contributed by atoms with Crippen LogP contribution in [0.2, 0.25) is 0 Å². The molecule has 0 aliphatic carbocycles. The molecule has 0 bridgehead atoms. The van der Waals surface area contributed by atoms with Gasteiger partial charge in [0.15, 0.2) is 0 Å². The van der Waals surface area contributed by atoms with E-state index in [1.807, 2.05) is 6.92 Å². The maximum atomic E-state index is 12.6. The summed E-state index contributed by atoms with van der Waals surface area (Å²) in [6.45, 7) is 13.1. The summed E-state index contributed by atoms with van der Waals surface area (Å²) in [7, 11) is 0. The van der Waals surface area contributed by atoms with Crippen LogP contribution in [-0.2, 0) is 11.3 Å². The molecule has 0 spiro atoms. The quantitative estimate of drug-likeness (QED) is 0.680. The summed E-state index contributed by atoms with van der Waals surface area (Å²) in [5.74, 6) is 0.754. The van der Waals surface area contributed by atoms with Crippen LogP contribution in [0.3, 0.4) is 0 Å². The molecule has 0 saturated carbocycles. The molecule has 2 N–H and O–H groups in total. The van der Waals surface area contributed by atoms with Gasteiger partial charge in [0, 0.05) is 11.7 Å². The Hall–Kier alpha value is -1.49. The highest BCUT2D eigenvalue weighted by atomic mass is 16.2. The van der Waals surface area contributed by atoms with E-state index in [1.54, 1.807) is 12.4 Å². The van der Waals surface area contributed by atoms with Crippen LogP contribution >= 0.6 is 0 Å². The average Bonchev–Trinajstić information content (AvgIpc) is 2.48. The van der Waals surface area contributed by atoms with Crippen molar-refractivity contribution in [2.24, 2.45) is 5.92 Å². The van der Waals surface area contributed by atoms with Crippen molar-refractivity contribution in [1.29, 1.82) is 0 Å². The number of hydrogen-bond acceptors (Lipinski definition) is 4. The van der Waals surface area contributed by atoms with Gasteiger partial charge in [0.05, 0.1) is 30.2 Å². The van der Waals surface area contributed by atoms with E-state index in [0.717, 1.165) is 30.7 Å². The first-order chi connectivity index (χ1) is 11.2. The minimum absolute atomic E-state index is 0.0387. The number of carbonyl (C=O) groups is 1. The monoisotopic (exact) mass is 334 g/mol. The molecule has 1 aromatic heterocycles. The smallest absolute Gasteiger partial charge is 0.237 e. The third-order valence-electron chi connectivity index (χ3n) is 3.73. The lowest BCUT2D eigenvalue weighted by Crippen LogP contribution is -2.51. The number of nitrogens with zero attached hydrogens (tertiary/aromatic N) is 2. The first-order valence-electron chi connectivity index (χ1n) is 9.00. The van der Waals surface area contributed by atoms with Crippen LogP contribution in [0.25, 0.3) is 0 Å². The molecule has 0 aliphatic heterocycles. The summed E-state index contributed by atoms with van der Waals surface area (Å²) in [6, 6.07) is -0.171. The Kier molecular flexibility index (Phi) is 8.32. The Bertz CT molecular complexity index is 491. The second kappa shape index (κ2) is 9.72. The molecule has 1 rings (SSSR count). The molecule has 1 heterocycles. The molecule has 1 unspecified atom stereocenters. The Labute approximate surface area is 147 Å². The summed E-state index contributed by atoms with van der Waals surface area (Å²) in [5.41, 5.74) is 1.56. The van der Waals surface area contributed by atoms with E-state index in [4.69, 9.17) is 0 Å². The molecular weight excluding hydrogens is 300 g/mol. The molecule has 0 fully saturated rings. The lowest BCUT2D eigenvalue weighted by molar-refractivity contribution is -0.124. The van der Waals surface area contributed by atoms with Crippen molar-refractivity contribution in [2.45, 2.75) is 85.4 Å². The molecule has 1 aromatic rings. The maximum absolute atomic E-state index is 12.6. The molecule has 0 saturated heterocycles. The molecule has 0 radical (unpaired) electrons. The van der Waals surface area contributed by atoms with Gasteiger partial charge in [-0.25, -0.2) is 0 Å². The zero-order valence-electron chi connectivity index (χ0n) is 16.1. The zero-order valence-corrected chi connectivity index (χ0v) is 16.1. The normalized spacial score (nSPS) is 13.1. The fraction of sp³-hybridized carbons (Fsp3) is 0.737. The van der Waals surface area contributed by atoms with Crippen LogP contribution in [0.15, 0.2) is 12.4 Å². The fourth-order valence-electron chi connectivity index (χ4n) is 2.50. The lowest BCUT2D eigenvalue weighted by atomic mass is 10.00. The second-order valence-electron chi connectivity index (χ2n) is 7.99. The fourth-order valence-corrected chi connectivity index (χ4v) is 2.50. The molecule has 5 nitrogen and oxygen atoms in total. The number of carbonyl (C=O) groups excluding carboxylic acids is 1. The third-order valence-corrected chi connectivity index (χ3v) is 3.73. The molecule has 1 atom stereocenters. The molecule has 136 valence electrons. The Morgan fingerprint density at radius 2 is 1.79 bits per heavy atom. The van der Waals surface area contributed by atoms with Crippen molar-refractivity contribution in [3.8, 4) is 0 Å². The van der Waals surface area contributed by atoms with Crippen molar-refractivity contribution in [1.82, 2.24) is 20.6 Å². The molecule has 0 aliphatic rings. The van der Waals surface area contributed by atoms with E-state index in [-0.39, 0.29) is 17.5 Å². The van der Waals surface area contributed by atoms with Crippen molar-refractivity contribution < 1.29 is 4.79 Å². The number of hydrogen-bond donors (Lipinski definition) is 2. The van der Waals surface area contributed by atoms with Gasteiger partial charge in [0.2, 0.25) is 5.91 Å². The standard InChI is InChI=1S/C19H34N4O/c1-14(2)9-7-8-10-17(23-19(4,5)6)18(24)22-13-16-12-20-15(3)11-21-16/h11-12,14,17,23H,7-10,13H2,1-6H3,(H,22,24). The molecule has 0 aromatic carbocycles. The van der Waals surface area contributed by atoms with Gasteiger partial charge in [-0.15, -0.1) is 0 Å². The zero-order chi connectivity index (χ0) is 18.2.